The van der Waals surface area contributed by atoms with Crippen molar-refractivity contribution in [3.63, 3.8) is 0 Å². The van der Waals surface area contributed by atoms with Gasteiger partial charge in [0.05, 0.1) is 13.2 Å². The van der Waals surface area contributed by atoms with E-state index in [1.165, 1.54) is 109 Å². The smallest absolute Gasteiger partial charge is 0.0856 e. The van der Waals surface area contributed by atoms with Crippen LogP contribution in [0, 0.1) is 46.3 Å². The fraction of sp³-hybridized carbons (Fsp3) is 0.889. The average molecular weight is 559 g/mol. The molecule has 4 nitrogen and oxygen atoms in total. The lowest BCUT2D eigenvalue weighted by molar-refractivity contribution is -0.282. The highest BCUT2D eigenvalue weighted by atomic mass is 17.1. The second-order valence-corrected chi connectivity index (χ2v) is 14.1. The van der Waals surface area contributed by atoms with Crippen LogP contribution >= 0.6 is 0 Å². The lowest BCUT2D eigenvalue weighted by Crippen LogP contribution is -2.61. The normalized spacial score (nSPS) is 38.5. The van der Waals surface area contributed by atoms with E-state index in [4.69, 9.17) is 9.78 Å². The van der Waals surface area contributed by atoms with Crippen molar-refractivity contribution in [2.24, 2.45) is 46.3 Å². The molecule has 0 bridgehead atoms. The van der Waals surface area contributed by atoms with Crippen LogP contribution in [0.15, 0.2) is 24.3 Å². The molecule has 0 aromatic rings. The molecule has 2 fully saturated rings. The van der Waals surface area contributed by atoms with Gasteiger partial charge in [0, 0.05) is 0 Å². The van der Waals surface area contributed by atoms with Crippen LogP contribution in [0.25, 0.3) is 0 Å². The van der Waals surface area contributed by atoms with E-state index >= 15 is 0 Å². The van der Waals surface area contributed by atoms with E-state index in [-0.39, 0.29) is 10.8 Å². The summed E-state index contributed by atoms with van der Waals surface area (Å²) in [6.07, 6.45) is 36.0. The largest absolute Gasteiger partial charge is 0.252 e. The van der Waals surface area contributed by atoms with Crippen molar-refractivity contribution in [2.45, 2.75) is 142 Å². The summed E-state index contributed by atoms with van der Waals surface area (Å²) < 4.78 is 0. The molecule has 8 atom stereocenters. The molecule has 0 radical (unpaired) electrons. The van der Waals surface area contributed by atoms with Crippen molar-refractivity contribution in [2.75, 3.05) is 13.2 Å². The summed E-state index contributed by atoms with van der Waals surface area (Å²) in [4.78, 5) is 10.2. The molecule has 230 valence electrons. The second-order valence-electron chi connectivity index (χ2n) is 14.1. The van der Waals surface area contributed by atoms with Gasteiger partial charge >= 0.3 is 0 Å². The van der Waals surface area contributed by atoms with Gasteiger partial charge in [-0.3, -0.25) is 10.5 Å². The molecule has 8 unspecified atom stereocenters. The minimum absolute atomic E-state index is 0.0179. The third kappa shape index (κ3) is 6.76. The van der Waals surface area contributed by atoms with Gasteiger partial charge in [-0.15, -0.1) is 0 Å². The number of rotatable bonds is 12. The van der Waals surface area contributed by atoms with E-state index in [9.17, 15) is 10.5 Å². The quantitative estimate of drug-likeness (QED) is 0.108. The highest BCUT2D eigenvalue weighted by molar-refractivity contribution is 5.28. The van der Waals surface area contributed by atoms with Crippen molar-refractivity contribution in [3.05, 3.63) is 24.3 Å². The van der Waals surface area contributed by atoms with Gasteiger partial charge in [-0.1, -0.05) is 128 Å². The first-order chi connectivity index (χ1) is 19.7. The lowest BCUT2D eigenvalue weighted by atomic mass is 9.38. The molecule has 0 aliphatic heterocycles. The molecular weight excluding hydrogens is 496 g/mol. The van der Waals surface area contributed by atoms with E-state index in [0.29, 0.717) is 48.7 Å². The Balaban J connectivity index is 1.85. The van der Waals surface area contributed by atoms with Gasteiger partial charge in [0.2, 0.25) is 0 Å². The number of unbranched alkanes of at least 4 members (excludes halogenated alkanes) is 4. The minimum Gasteiger partial charge on any atom is -0.252 e. The summed E-state index contributed by atoms with van der Waals surface area (Å²) >= 11 is 0. The van der Waals surface area contributed by atoms with E-state index in [1.54, 1.807) is 0 Å². The molecule has 0 heterocycles. The Kier molecular flexibility index (Phi) is 13.1. The molecular formula is C36H62O4. The lowest BCUT2D eigenvalue weighted by Gasteiger charge is -2.65. The van der Waals surface area contributed by atoms with Crippen molar-refractivity contribution in [1.82, 2.24) is 0 Å². The van der Waals surface area contributed by atoms with Gasteiger partial charge in [-0.2, -0.15) is 0 Å². The van der Waals surface area contributed by atoms with E-state index in [2.05, 4.69) is 38.2 Å². The SMILES string of the molecule is CCCCCC1C=CC2C(C=CC3(CCCCCCC3COO)C23CCCCCCC3COO)C1CCCCC. The van der Waals surface area contributed by atoms with Crippen LogP contribution in [0.2, 0.25) is 0 Å². The molecule has 0 saturated heterocycles. The Morgan fingerprint density at radius 3 is 2.00 bits per heavy atom. The Labute approximate surface area is 246 Å². The second kappa shape index (κ2) is 16.2. The van der Waals surface area contributed by atoms with Gasteiger partial charge < -0.3 is 0 Å². The molecule has 2 spiro atoms. The summed E-state index contributed by atoms with van der Waals surface area (Å²) in [6, 6.07) is 0. The Bertz CT molecular complexity index is 779. The molecule has 4 aliphatic carbocycles. The summed E-state index contributed by atoms with van der Waals surface area (Å²) in [5.41, 5.74) is -0.0186. The van der Waals surface area contributed by atoms with Gasteiger partial charge in [-0.25, -0.2) is 9.78 Å². The number of fused-ring (bicyclic) bond motifs is 3. The first-order valence-corrected chi connectivity index (χ1v) is 17.6. The summed E-state index contributed by atoms with van der Waals surface area (Å²) in [5, 5.41) is 19.9. The Morgan fingerprint density at radius 2 is 1.30 bits per heavy atom. The van der Waals surface area contributed by atoms with E-state index in [1.807, 2.05) is 0 Å². The van der Waals surface area contributed by atoms with E-state index in [0.717, 1.165) is 19.3 Å². The Hall–Kier alpha value is -0.680. The van der Waals surface area contributed by atoms with Crippen molar-refractivity contribution in [3.8, 4) is 0 Å². The molecule has 0 amide bonds. The van der Waals surface area contributed by atoms with Crippen molar-refractivity contribution < 1.29 is 20.3 Å². The maximum absolute atomic E-state index is 10.0. The fourth-order valence-corrected chi connectivity index (χ4v) is 10.4. The molecule has 4 heteroatoms. The van der Waals surface area contributed by atoms with Gasteiger partial charge in [0.1, 0.15) is 0 Å². The standard InChI is InChI=1S/C36H62O4/c1-3-5-11-17-29-21-22-34-33(32(29)20-12-6-4-2)23-26-35(24-15-9-7-13-18-30(35)27-39-37)36(34)25-16-10-8-14-19-31(36)28-40-38/h21-23,26,29-34,37-38H,3-20,24-25,27-28H2,1-2H3. The maximum Gasteiger partial charge on any atom is 0.0856 e. The van der Waals surface area contributed by atoms with Crippen LogP contribution in [0.4, 0.5) is 0 Å². The third-order valence-electron chi connectivity index (χ3n) is 12.2. The van der Waals surface area contributed by atoms with Crippen molar-refractivity contribution in [1.29, 1.82) is 0 Å². The highest BCUT2D eigenvalue weighted by Gasteiger charge is 2.63. The zero-order valence-electron chi connectivity index (χ0n) is 26.0. The van der Waals surface area contributed by atoms with Crippen LogP contribution < -0.4 is 0 Å². The topological polar surface area (TPSA) is 58.9 Å². The molecule has 0 aromatic carbocycles. The summed E-state index contributed by atoms with van der Waals surface area (Å²) in [6.45, 7) is 5.49. The third-order valence-corrected chi connectivity index (χ3v) is 12.2. The molecule has 2 N–H and O–H groups in total. The zero-order valence-corrected chi connectivity index (χ0v) is 26.0. The predicted octanol–water partition coefficient (Wildman–Crippen LogP) is 10.6. The van der Waals surface area contributed by atoms with Gasteiger partial charge in [0.25, 0.3) is 0 Å². The summed E-state index contributed by atoms with van der Waals surface area (Å²) in [5.74, 6) is 3.01. The van der Waals surface area contributed by atoms with Crippen LogP contribution in [0.5, 0.6) is 0 Å². The average Bonchev–Trinajstić information content (AvgIpc) is 2.94. The fourth-order valence-electron chi connectivity index (χ4n) is 10.4. The van der Waals surface area contributed by atoms with Crippen molar-refractivity contribution >= 4 is 0 Å². The number of hydrogen-bond donors (Lipinski definition) is 2. The molecule has 4 aliphatic rings. The van der Waals surface area contributed by atoms with E-state index < -0.39 is 0 Å². The van der Waals surface area contributed by atoms with Crippen LogP contribution in [-0.4, -0.2) is 23.7 Å². The molecule has 4 rings (SSSR count). The van der Waals surface area contributed by atoms with Crippen LogP contribution in [-0.2, 0) is 9.78 Å². The summed E-state index contributed by atoms with van der Waals surface area (Å²) in [7, 11) is 0. The van der Waals surface area contributed by atoms with Gasteiger partial charge in [-0.05, 0) is 84.9 Å². The number of hydrogen-bond acceptors (Lipinski definition) is 4. The maximum atomic E-state index is 10.0. The zero-order chi connectivity index (χ0) is 28.3. The number of allylic oxidation sites excluding steroid dienone is 4. The Morgan fingerprint density at radius 1 is 0.675 bits per heavy atom. The monoisotopic (exact) mass is 558 g/mol. The van der Waals surface area contributed by atoms with Gasteiger partial charge in [0.15, 0.2) is 0 Å². The molecule has 40 heavy (non-hydrogen) atoms. The highest BCUT2D eigenvalue weighted by Crippen LogP contribution is 2.69. The first kappa shape index (κ1) is 32.2. The molecule has 0 aromatic heterocycles. The minimum atomic E-state index is -0.0365. The molecule has 2 saturated carbocycles. The first-order valence-electron chi connectivity index (χ1n) is 17.6. The van der Waals surface area contributed by atoms with Crippen LogP contribution in [0.1, 0.15) is 142 Å². The predicted molar refractivity (Wildman–Crippen MR) is 165 cm³/mol. The van der Waals surface area contributed by atoms with Crippen LogP contribution in [0.3, 0.4) is 0 Å².